The van der Waals surface area contributed by atoms with Crippen LogP contribution in [0.1, 0.15) is 0 Å². The molecule has 1 saturated heterocycles. The lowest BCUT2D eigenvalue weighted by Crippen LogP contribution is -2.70. The first-order chi connectivity index (χ1) is 6.82. The summed E-state index contributed by atoms with van der Waals surface area (Å²) in [7, 11) is -6.16. The monoisotopic (exact) mass is 383 g/mol. The molecule has 94 valence electrons. The minimum Gasteiger partial charge on any atom is -0.266 e. The van der Waals surface area contributed by atoms with E-state index in [-0.39, 0.29) is 0 Å². The number of carbonyl (C=O) groups is 1. The fourth-order valence-electron chi connectivity index (χ4n) is 0.799. The maximum absolute atomic E-state index is 12.7. The van der Waals surface area contributed by atoms with Gasteiger partial charge in [0.2, 0.25) is 0 Å². The summed E-state index contributed by atoms with van der Waals surface area (Å²) in [6.07, 6.45) is 0. The predicted molar refractivity (Wildman–Crippen MR) is 44.6 cm³/mol. The maximum atomic E-state index is 12.7. The molecule has 0 atom stereocenters. The molecule has 12 heteroatoms. The van der Waals surface area contributed by atoms with Crippen LogP contribution < -0.4 is 0 Å². The molecule has 0 aromatic heterocycles. The van der Waals surface area contributed by atoms with Gasteiger partial charge in [-0.2, -0.15) is 37.3 Å². The molecule has 0 unspecified atom stereocenters. The molecule has 1 aliphatic heterocycles. The number of alkyl halides is 6. The molecule has 0 aliphatic carbocycles. The summed E-state index contributed by atoms with van der Waals surface area (Å²) in [6, 6.07) is 0. The number of hydrogen-bond acceptors (Lipinski definition) is 3. The highest BCUT2D eigenvalue weighted by Gasteiger charge is 2.85. The number of carbonyl (C=O) groups excluding carboxylic acids is 1. The molecule has 0 saturated carbocycles. The van der Waals surface area contributed by atoms with Crippen molar-refractivity contribution in [2.75, 3.05) is 0 Å². The van der Waals surface area contributed by atoms with Crippen LogP contribution in [0.15, 0.2) is 0 Å². The van der Waals surface area contributed by atoms with Crippen LogP contribution in [0.5, 0.6) is 0 Å². The average Bonchev–Trinajstić information content (AvgIpc) is 2.12. The van der Waals surface area contributed by atoms with E-state index in [1.54, 1.807) is 0 Å². The predicted octanol–water partition coefficient (Wildman–Crippen LogP) is 1.37. The van der Waals surface area contributed by atoms with E-state index in [9.17, 15) is 39.6 Å². The molecule has 0 aromatic carbocycles. The standard InChI is InChI=1S/C4F6INO3S/c5-2(6)1(13)12(11)16(14,15)4(9,10)3(2,7)8. The Morgan fingerprint density at radius 3 is 1.81 bits per heavy atom. The Morgan fingerprint density at radius 2 is 1.44 bits per heavy atom. The van der Waals surface area contributed by atoms with Gasteiger partial charge in [-0.3, -0.25) is 4.79 Å². The van der Waals surface area contributed by atoms with Gasteiger partial charge in [0, 0.05) is 0 Å². The van der Waals surface area contributed by atoms with Crippen LogP contribution in [-0.4, -0.2) is 33.9 Å². The van der Waals surface area contributed by atoms with Crippen molar-refractivity contribution in [2.24, 2.45) is 0 Å². The fourth-order valence-corrected chi connectivity index (χ4v) is 2.83. The molecule has 0 radical (unpaired) electrons. The van der Waals surface area contributed by atoms with Crippen LogP contribution in [0, 0.1) is 0 Å². The summed E-state index contributed by atoms with van der Waals surface area (Å²) in [5.41, 5.74) is 0. The van der Waals surface area contributed by atoms with Gasteiger partial charge in [-0.1, -0.05) is 0 Å². The highest BCUT2D eigenvalue weighted by molar-refractivity contribution is 14.1. The van der Waals surface area contributed by atoms with E-state index < -0.39 is 35.5 Å². The largest absolute Gasteiger partial charge is 0.433 e. The Hall–Kier alpha value is -0.270. The van der Waals surface area contributed by atoms with Crippen molar-refractivity contribution in [3.63, 3.8) is 0 Å². The average molecular weight is 383 g/mol. The van der Waals surface area contributed by atoms with Gasteiger partial charge in [-0.25, -0.2) is 0 Å². The number of amides is 1. The van der Waals surface area contributed by atoms with Crippen molar-refractivity contribution in [3.05, 3.63) is 0 Å². The number of nitrogens with zero attached hydrogens (tertiary/aromatic N) is 1. The molecule has 4 nitrogen and oxygen atoms in total. The third-order valence-corrected chi connectivity index (χ3v) is 5.21. The summed E-state index contributed by atoms with van der Waals surface area (Å²) in [4.78, 5) is 10.5. The molecular weight excluding hydrogens is 383 g/mol. The lowest BCUT2D eigenvalue weighted by molar-refractivity contribution is -0.276. The van der Waals surface area contributed by atoms with E-state index in [1.165, 1.54) is 0 Å². The van der Waals surface area contributed by atoms with E-state index in [4.69, 9.17) is 0 Å². The maximum Gasteiger partial charge on any atom is 0.433 e. The molecule has 1 heterocycles. The van der Waals surface area contributed by atoms with Gasteiger partial charge in [0.1, 0.15) is 0 Å². The Balaban J connectivity index is 3.61. The van der Waals surface area contributed by atoms with Gasteiger partial charge >= 0.3 is 33.0 Å². The van der Waals surface area contributed by atoms with E-state index in [0.717, 1.165) is 0 Å². The molecule has 0 bridgehead atoms. The van der Waals surface area contributed by atoms with Crippen molar-refractivity contribution in [1.29, 1.82) is 0 Å². The van der Waals surface area contributed by atoms with Gasteiger partial charge < -0.3 is 0 Å². The second-order valence-corrected chi connectivity index (χ2v) is 6.14. The van der Waals surface area contributed by atoms with Gasteiger partial charge in [0.25, 0.3) is 0 Å². The van der Waals surface area contributed by atoms with Crippen molar-refractivity contribution < 1.29 is 39.6 Å². The summed E-state index contributed by atoms with van der Waals surface area (Å²) in [5.74, 6) is -15.0. The zero-order chi connectivity index (χ0) is 13.2. The smallest absolute Gasteiger partial charge is 0.266 e. The molecule has 16 heavy (non-hydrogen) atoms. The van der Waals surface area contributed by atoms with Crippen LogP contribution >= 0.6 is 22.9 Å². The van der Waals surface area contributed by atoms with E-state index in [2.05, 4.69) is 0 Å². The normalized spacial score (nSPS) is 30.2. The van der Waals surface area contributed by atoms with Crippen molar-refractivity contribution in [1.82, 2.24) is 2.52 Å². The summed E-state index contributed by atoms with van der Waals surface area (Å²) < 4.78 is 95.8. The second-order valence-electron chi connectivity index (χ2n) is 2.69. The fraction of sp³-hybridized carbons (Fsp3) is 0.750. The van der Waals surface area contributed by atoms with Crippen LogP contribution in [-0.2, 0) is 14.8 Å². The minimum absolute atomic E-state index is 0.295. The number of halogens is 7. The third kappa shape index (κ3) is 1.22. The Kier molecular flexibility index (Phi) is 2.71. The summed E-state index contributed by atoms with van der Waals surface area (Å²) in [5, 5.41) is -6.06. The van der Waals surface area contributed by atoms with Crippen LogP contribution in [0.2, 0.25) is 0 Å². The molecular formula is C4F6INO3S. The van der Waals surface area contributed by atoms with E-state index in [0.29, 0.717) is 22.9 Å². The van der Waals surface area contributed by atoms with Crippen molar-refractivity contribution >= 4 is 38.8 Å². The topological polar surface area (TPSA) is 54.5 Å². The third-order valence-electron chi connectivity index (χ3n) is 1.72. The van der Waals surface area contributed by atoms with Gasteiger partial charge in [-0.05, 0) is 0 Å². The highest BCUT2D eigenvalue weighted by Crippen LogP contribution is 2.54. The van der Waals surface area contributed by atoms with E-state index >= 15 is 0 Å². The van der Waals surface area contributed by atoms with E-state index in [1.807, 2.05) is 0 Å². The highest BCUT2D eigenvalue weighted by atomic mass is 127. The van der Waals surface area contributed by atoms with Gasteiger partial charge in [-0.15, -0.1) is 0 Å². The summed E-state index contributed by atoms with van der Waals surface area (Å²) >= 11 is 0.295. The molecule has 1 rings (SSSR count). The number of hydrogen-bond donors (Lipinski definition) is 0. The van der Waals surface area contributed by atoms with Gasteiger partial charge in [0.15, 0.2) is 0 Å². The number of sulfonamides is 1. The SMILES string of the molecule is O=C1N(I)S(=O)(=O)C(F)(F)C(F)(F)C1(F)F. The zero-order valence-electron chi connectivity index (χ0n) is 6.73. The lowest BCUT2D eigenvalue weighted by atomic mass is 10.1. The quantitative estimate of drug-likeness (QED) is 0.361. The number of rotatable bonds is 0. The van der Waals surface area contributed by atoms with Crippen molar-refractivity contribution in [2.45, 2.75) is 17.1 Å². The zero-order valence-corrected chi connectivity index (χ0v) is 9.70. The molecule has 1 amide bonds. The minimum atomic E-state index is -6.29. The van der Waals surface area contributed by atoms with Gasteiger partial charge in [0.05, 0.1) is 22.9 Å². The lowest BCUT2D eigenvalue weighted by Gasteiger charge is -2.38. The molecule has 0 N–H and O–H groups in total. The Labute approximate surface area is 98.1 Å². The van der Waals surface area contributed by atoms with Crippen molar-refractivity contribution in [3.8, 4) is 0 Å². The molecule has 0 aromatic rings. The molecule has 1 aliphatic rings. The Bertz CT molecular complexity index is 447. The summed E-state index contributed by atoms with van der Waals surface area (Å²) in [6.45, 7) is 0. The first kappa shape index (κ1) is 13.8. The molecule has 0 spiro atoms. The Morgan fingerprint density at radius 1 is 1.06 bits per heavy atom. The first-order valence-electron chi connectivity index (χ1n) is 3.20. The molecule has 1 fully saturated rings. The van der Waals surface area contributed by atoms with Crippen LogP contribution in [0.4, 0.5) is 26.3 Å². The van der Waals surface area contributed by atoms with Crippen LogP contribution in [0.3, 0.4) is 0 Å². The first-order valence-corrected chi connectivity index (χ1v) is 5.61. The van der Waals surface area contributed by atoms with Crippen LogP contribution in [0.25, 0.3) is 0 Å². The second kappa shape index (κ2) is 3.14.